The van der Waals surface area contributed by atoms with Crippen LogP contribution in [0.3, 0.4) is 0 Å². The van der Waals surface area contributed by atoms with Gasteiger partial charge in [0.05, 0.1) is 23.8 Å². The number of aromatic nitrogens is 2. The van der Waals surface area contributed by atoms with Crippen LogP contribution in [0, 0.1) is 26.7 Å². The molecule has 0 aliphatic carbocycles. The van der Waals surface area contributed by atoms with Crippen molar-refractivity contribution in [1.29, 1.82) is 0 Å². The third kappa shape index (κ3) is 9.15. The summed E-state index contributed by atoms with van der Waals surface area (Å²) in [6.45, 7) is 20.0. The fourth-order valence-corrected chi connectivity index (χ4v) is 5.85. The van der Waals surface area contributed by atoms with Crippen molar-refractivity contribution >= 4 is 28.7 Å². The summed E-state index contributed by atoms with van der Waals surface area (Å²) in [4.78, 5) is 6.98. The number of rotatable bonds is 12. The second-order valence-corrected chi connectivity index (χ2v) is 12.7. The molecule has 3 N–H and O–H groups in total. The first-order valence-electron chi connectivity index (χ1n) is 16.3. The molecule has 0 radical (unpaired) electrons. The Hall–Kier alpha value is -3.79. The number of H-pyrrole nitrogens is 1. The predicted molar refractivity (Wildman–Crippen MR) is 183 cm³/mol. The molecule has 0 amide bonds. The van der Waals surface area contributed by atoms with E-state index in [9.17, 15) is 13.2 Å². The molecule has 2 heterocycles. The zero-order valence-electron chi connectivity index (χ0n) is 28.2. The van der Waals surface area contributed by atoms with E-state index in [1.165, 1.54) is 5.56 Å². The molecule has 46 heavy (non-hydrogen) atoms. The van der Waals surface area contributed by atoms with E-state index in [-0.39, 0.29) is 24.5 Å². The Kier molecular flexibility index (Phi) is 11.6. The number of amidine groups is 1. The van der Waals surface area contributed by atoms with Gasteiger partial charge in [0.1, 0.15) is 11.6 Å². The van der Waals surface area contributed by atoms with Crippen molar-refractivity contribution in [3.8, 4) is 5.75 Å². The summed E-state index contributed by atoms with van der Waals surface area (Å²) in [6.07, 6.45) is -2.46. The smallest absolute Gasteiger partial charge is 0.390 e. The monoisotopic (exact) mass is 638 g/mol. The molecule has 250 valence electrons. The van der Waals surface area contributed by atoms with Gasteiger partial charge in [-0.05, 0) is 108 Å². The molecule has 10 heteroatoms. The Bertz CT molecular complexity index is 1520. The quantitative estimate of drug-likeness (QED) is 0.136. The number of likely N-dealkylation sites (tertiary alicyclic amines) is 1. The van der Waals surface area contributed by atoms with Crippen molar-refractivity contribution in [1.82, 2.24) is 15.1 Å². The lowest BCUT2D eigenvalue weighted by Gasteiger charge is -2.33. The van der Waals surface area contributed by atoms with E-state index >= 15 is 0 Å². The van der Waals surface area contributed by atoms with Crippen LogP contribution in [0.15, 0.2) is 48.0 Å². The van der Waals surface area contributed by atoms with Crippen LogP contribution in [0.2, 0.25) is 0 Å². The molecule has 1 atom stereocenters. The van der Waals surface area contributed by atoms with Crippen molar-refractivity contribution in [3.05, 3.63) is 70.9 Å². The van der Waals surface area contributed by atoms with E-state index in [0.717, 1.165) is 64.6 Å². The minimum Gasteiger partial charge on any atom is -0.489 e. The second kappa shape index (κ2) is 15.2. The predicted octanol–water partition coefficient (Wildman–Crippen LogP) is 9.52. The minimum atomic E-state index is -4.12. The highest BCUT2D eigenvalue weighted by Crippen LogP contribution is 2.38. The lowest BCUT2D eigenvalue weighted by Crippen LogP contribution is -2.35. The molecular weight excluding hydrogens is 589 g/mol. The van der Waals surface area contributed by atoms with Gasteiger partial charge in [-0.25, -0.2) is 4.99 Å². The SMILES string of the molecule is C=C(Nc1ccccc1C)c1c(N=C(Nc2cc(C)c(C3CCN(CCC(F)(F)F)CC3)cc2OC(C)C)C(C)CC)n[nH]c1C. The van der Waals surface area contributed by atoms with Crippen LogP contribution < -0.4 is 15.4 Å². The number of halogens is 3. The molecule has 0 spiro atoms. The van der Waals surface area contributed by atoms with Gasteiger partial charge in [0.2, 0.25) is 0 Å². The van der Waals surface area contributed by atoms with E-state index in [1.54, 1.807) is 0 Å². The van der Waals surface area contributed by atoms with Crippen molar-refractivity contribution in [2.75, 3.05) is 30.3 Å². The molecule has 2 aromatic carbocycles. The Labute approximate surface area is 271 Å². The van der Waals surface area contributed by atoms with Gasteiger partial charge in [-0.15, -0.1) is 0 Å². The van der Waals surface area contributed by atoms with Crippen LogP contribution in [-0.2, 0) is 0 Å². The summed E-state index contributed by atoms with van der Waals surface area (Å²) >= 11 is 0. The number of para-hydroxylation sites is 1. The Balaban J connectivity index is 1.61. The summed E-state index contributed by atoms with van der Waals surface area (Å²) in [5.74, 6) is 2.39. The fourth-order valence-electron chi connectivity index (χ4n) is 5.85. The van der Waals surface area contributed by atoms with Gasteiger partial charge in [-0.3, -0.25) is 5.10 Å². The van der Waals surface area contributed by atoms with Crippen LogP contribution in [0.5, 0.6) is 5.75 Å². The van der Waals surface area contributed by atoms with E-state index in [0.29, 0.717) is 24.6 Å². The molecule has 1 aliphatic rings. The number of aromatic amines is 1. The summed E-state index contributed by atoms with van der Waals surface area (Å²) in [7, 11) is 0. The first-order valence-corrected chi connectivity index (χ1v) is 16.3. The Morgan fingerprint density at radius 1 is 1.07 bits per heavy atom. The number of aliphatic imine (C=N–C) groups is 1. The van der Waals surface area contributed by atoms with Crippen LogP contribution in [0.25, 0.3) is 5.70 Å². The summed E-state index contributed by atoms with van der Waals surface area (Å²) < 4.78 is 44.6. The molecule has 1 aliphatic heterocycles. The number of alkyl halides is 3. The van der Waals surface area contributed by atoms with Crippen molar-refractivity contribution in [2.45, 2.75) is 92.3 Å². The molecule has 0 saturated carbocycles. The topological polar surface area (TPSA) is 77.6 Å². The molecule has 0 bridgehead atoms. The number of piperidine rings is 1. The second-order valence-electron chi connectivity index (χ2n) is 12.7. The number of ether oxygens (including phenoxy) is 1. The zero-order chi connectivity index (χ0) is 33.6. The van der Waals surface area contributed by atoms with Gasteiger partial charge in [0.15, 0.2) is 5.82 Å². The van der Waals surface area contributed by atoms with Gasteiger partial charge in [0.25, 0.3) is 0 Å². The standard InChI is InChI=1S/C36H49F3N6O/c1-9-23(4)34(42-35-33(27(8)43-44-35)26(7)40-30-13-11-10-12-24(30)5)41-31-20-25(6)29(21-32(31)46-22(2)3)28-14-17-45(18-15-28)19-16-36(37,38)39/h10-13,20-23,28,40H,7,9,14-19H2,1-6,8H3,(H2,41,42,43,44). The summed E-state index contributed by atoms with van der Waals surface area (Å²) in [6, 6.07) is 12.3. The Morgan fingerprint density at radius 2 is 1.76 bits per heavy atom. The van der Waals surface area contributed by atoms with Gasteiger partial charge >= 0.3 is 6.18 Å². The van der Waals surface area contributed by atoms with Crippen LogP contribution in [0.1, 0.15) is 87.2 Å². The lowest BCUT2D eigenvalue weighted by atomic mass is 9.86. The maximum Gasteiger partial charge on any atom is 0.390 e. The van der Waals surface area contributed by atoms with Crippen molar-refractivity contribution < 1.29 is 17.9 Å². The normalized spacial score (nSPS) is 15.7. The number of nitrogens with zero attached hydrogens (tertiary/aromatic N) is 3. The highest BCUT2D eigenvalue weighted by atomic mass is 19.4. The van der Waals surface area contributed by atoms with Crippen molar-refractivity contribution in [3.63, 3.8) is 0 Å². The fraction of sp³-hybridized carbons (Fsp3) is 0.500. The van der Waals surface area contributed by atoms with Gasteiger partial charge in [0, 0.05) is 29.5 Å². The van der Waals surface area contributed by atoms with Crippen LogP contribution in [-0.4, -0.2) is 52.8 Å². The average Bonchev–Trinajstić information content (AvgIpc) is 3.37. The highest BCUT2D eigenvalue weighted by molar-refractivity contribution is 6.00. The maximum atomic E-state index is 12.8. The van der Waals surface area contributed by atoms with Crippen molar-refractivity contribution in [2.24, 2.45) is 10.9 Å². The van der Waals surface area contributed by atoms with Crippen LogP contribution in [0.4, 0.5) is 30.4 Å². The third-order valence-electron chi connectivity index (χ3n) is 8.70. The molecule has 1 aromatic heterocycles. The molecule has 1 unspecified atom stereocenters. The minimum absolute atomic E-state index is 0.0549. The molecule has 1 fully saturated rings. The highest BCUT2D eigenvalue weighted by Gasteiger charge is 2.30. The van der Waals surface area contributed by atoms with Crippen LogP contribution >= 0.6 is 0 Å². The molecule has 3 aromatic rings. The zero-order valence-corrected chi connectivity index (χ0v) is 28.2. The van der Waals surface area contributed by atoms with Gasteiger partial charge in [-0.2, -0.15) is 18.3 Å². The largest absolute Gasteiger partial charge is 0.489 e. The molecule has 4 rings (SSSR count). The number of hydrogen-bond acceptors (Lipinski definition) is 5. The first-order chi connectivity index (χ1) is 21.8. The maximum absolute atomic E-state index is 12.8. The Morgan fingerprint density at radius 3 is 2.39 bits per heavy atom. The average molecular weight is 639 g/mol. The number of aryl methyl sites for hydroxylation is 3. The first kappa shape index (κ1) is 35.1. The third-order valence-corrected chi connectivity index (χ3v) is 8.70. The number of benzene rings is 2. The summed E-state index contributed by atoms with van der Waals surface area (Å²) in [5, 5.41) is 14.7. The van der Waals surface area contributed by atoms with Gasteiger partial charge in [-0.1, -0.05) is 38.6 Å². The van der Waals surface area contributed by atoms with E-state index < -0.39 is 12.6 Å². The number of hydrogen-bond donors (Lipinski definition) is 3. The summed E-state index contributed by atoms with van der Waals surface area (Å²) in [5.41, 5.74) is 7.59. The number of anilines is 2. The van der Waals surface area contributed by atoms with E-state index in [1.807, 2.05) is 56.9 Å². The van der Waals surface area contributed by atoms with E-state index in [2.05, 4.69) is 60.3 Å². The molecular formula is C36H49F3N6O. The number of nitrogens with one attached hydrogen (secondary N) is 3. The van der Waals surface area contributed by atoms with Gasteiger partial charge < -0.3 is 20.3 Å². The van der Waals surface area contributed by atoms with E-state index in [4.69, 9.17) is 9.73 Å². The molecule has 7 nitrogen and oxygen atoms in total. The molecule has 1 saturated heterocycles. The lowest BCUT2D eigenvalue weighted by molar-refractivity contribution is -0.138.